The van der Waals surface area contributed by atoms with E-state index in [0.717, 1.165) is 85.3 Å². The fourth-order valence-electron chi connectivity index (χ4n) is 8.02. The molecule has 0 saturated heterocycles. The van der Waals surface area contributed by atoms with Crippen LogP contribution in [-0.4, -0.2) is 24.9 Å². The van der Waals surface area contributed by atoms with Crippen molar-refractivity contribution >= 4 is 77.9 Å². The molecule has 10 nitrogen and oxygen atoms in total. The minimum absolute atomic E-state index is 0. The Labute approximate surface area is 342 Å². The molecule has 2 heterocycles. The second-order valence-corrected chi connectivity index (χ2v) is 14.7. The van der Waals surface area contributed by atoms with Crippen LogP contribution in [0, 0.1) is 6.92 Å². The number of nitrogens with two attached hydrogens (primary N) is 4. The summed E-state index contributed by atoms with van der Waals surface area (Å²) in [4.78, 5) is 26.6. The fraction of sp³-hybridized carbons (Fsp3) is 0.149. The fourth-order valence-corrected chi connectivity index (χ4v) is 8.02. The lowest BCUT2D eigenvalue weighted by atomic mass is 9.97. The molecule has 8 rings (SSSR count). The summed E-state index contributed by atoms with van der Waals surface area (Å²) in [6.45, 7) is 3.10. The first kappa shape index (κ1) is 39.3. The zero-order valence-corrected chi connectivity index (χ0v) is 33.2. The number of amides is 2. The van der Waals surface area contributed by atoms with E-state index in [4.69, 9.17) is 22.9 Å². The van der Waals surface area contributed by atoms with Crippen LogP contribution in [-0.2, 0) is 7.05 Å². The van der Waals surface area contributed by atoms with E-state index in [-0.39, 0.29) is 24.2 Å². The van der Waals surface area contributed by atoms with Gasteiger partial charge in [0.1, 0.15) is 7.05 Å². The quantitative estimate of drug-likeness (QED) is 0.0529. The number of halogens is 1. The number of pyridine rings is 2. The van der Waals surface area contributed by atoms with Gasteiger partial charge in [0, 0.05) is 94.5 Å². The predicted molar refractivity (Wildman–Crippen MR) is 232 cm³/mol. The number of unbranched alkanes of at least 4 members (excludes halogenated alkanes) is 2. The van der Waals surface area contributed by atoms with Crippen molar-refractivity contribution in [3.8, 4) is 16.9 Å². The zero-order chi connectivity index (χ0) is 39.8. The number of carbonyl (C=O) groups is 2. The molecule has 0 aliphatic rings. The van der Waals surface area contributed by atoms with Crippen molar-refractivity contribution in [2.24, 2.45) is 7.05 Å². The van der Waals surface area contributed by atoms with E-state index < -0.39 is 0 Å². The van der Waals surface area contributed by atoms with Crippen LogP contribution in [0.1, 0.15) is 45.7 Å². The number of benzene rings is 6. The van der Waals surface area contributed by atoms with Crippen LogP contribution in [0.25, 0.3) is 60.3 Å². The molecule has 2 aromatic heterocycles. The largest absolute Gasteiger partial charge is 1.00 e. The number of nitrogen functional groups attached to an aromatic ring is 4. The molecular formula is C47H46ClN8O2+. The standard InChI is InChI=1S/C47H44N8O2.ClH/c1-28-41-24-32(48)12-16-37(41)40-19-15-35(51)27-44(40)55(28)36-11-7-10-31(23-36)47(57)53-21-5-3-4-20-52-46(56)30-9-6-8-29(22-30)45-42-25-33(49)13-17-38(42)39-18-14-34(50)26-43(39)54(45)2;/h6-19,22-27,50-51H,3-5,20-21,48-49H2,1-2H3,(H2,52,53,56,57);1H/p+1. The number of aryl methyl sites for hydroxylation is 2. The first-order valence-electron chi connectivity index (χ1n) is 19.2. The Morgan fingerprint density at radius 3 is 1.67 bits per heavy atom. The average molecular weight is 790 g/mol. The number of nitrogens with zero attached hydrogens (tertiary/aromatic N) is 2. The van der Waals surface area contributed by atoms with E-state index in [1.54, 1.807) is 0 Å². The maximum atomic E-state index is 13.3. The number of nitrogens with one attached hydrogen (secondary N) is 2. The van der Waals surface area contributed by atoms with E-state index in [9.17, 15) is 9.59 Å². The second kappa shape index (κ2) is 16.3. The lowest BCUT2D eigenvalue weighted by Gasteiger charge is -2.12. The average Bonchev–Trinajstić information content (AvgIpc) is 3.20. The molecule has 8 aromatic rings. The van der Waals surface area contributed by atoms with Crippen molar-refractivity contribution < 1.29 is 31.1 Å². The monoisotopic (exact) mass is 789 g/mol. The molecule has 6 aromatic carbocycles. The number of fused-ring (bicyclic) bond motifs is 6. The van der Waals surface area contributed by atoms with E-state index in [2.05, 4.69) is 26.7 Å². The predicted octanol–water partition coefficient (Wildman–Crippen LogP) is 4.04. The van der Waals surface area contributed by atoms with Gasteiger partial charge in [0.2, 0.25) is 22.4 Å². The van der Waals surface area contributed by atoms with E-state index in [0.29, 0.717) is 47.0 Å². The summed E-state index contributed by atoms with van der Waals surface area (Å²) in [5, 5.41) is 12.4. The Morgan fingerprint density at radius 1 is 0.534 bits per heavy atom. The van der Waals surface area contributed by atoms with E-state index in [1.165, 1.54) is 0 Å². The molecular weight excluding hydrogens is 744 g/mol. The summed E-state index contributed by atoms with van der Waals surface area (Å²) in [5.41, 5.74) is 34.4. The van der Waals surface area contributed by atoms with Gasteiger partial charge in [-0.1, -0.05) is 24.3 Å². The highest BCUT2D eigenvalue weighted by Crippen LogP contribution is 2.34. The molecule has 0 bridgehead atoms. The first-order chi connectivity index (χ1) is 27.6. The number of hydrogen-bond donors (Lipinski definition) is 6. The maximum Gasteiger partial charge on any atom is 0.251 e. The highest BCUT2D eigenvalue weighted by molar-refractivity contribution is 6.10. The molecule has 0 saturated carbocycles. The smallest absolute Gasteiger partial charge is 0.251 e. The summed E-state index contributed by atoms with van der Waals surface area (Å²) in [6, 6.07) is 38.9. The summed E-state index contributed by atoms with van der Waals surface area (Å²) in [5.74, 6) is -0.282. The summed E-state index contributed by atoms with van der Waals surface area (Å²) in [6.07, 6.45) is 2.40. The van der Waals surface area contributed by atoms with E-state index >= 15 is 0 Å². The molecule has 0 fully saturated rings. The molecule has 11 heteroatoms. The summed E-state index contributed by atoms with van der Waals surface area (Å²) >= 11 is 0. The molecule has 0 radical (unpaired) electrons. The van der Waals surface area contributed by atoms with Crippen molar-refractivity contribution in [3.63, 3.8) is 0 Å². The second-order valence-electron chi connectivity index (χ2n) is 14.7. The van der Waals surface area contributed by atoms with Crippen molar-refractivity contribution in [2.75, 3.05) is 36.0 Å². The van der Waals surface area contributed by atoms with Crippen molar-refractivity contribution in [1.82, 2.24) is 10.6 Å². The lowest BCUT2D eigenvalue weighted by molar-refractivity contribution is -0.632. The van der Waals surface area contributed by atoms with Gasteiger partial charge in [0.25, 0.3) is 11.8 Å². The van der Waals surface area contributed by atoms with Crippen molar-refractivity contribution in [2.45, 2.75) is 26.2 Å². The zero-order valence-electron chi connectivity index (χ0n) is 32.5. The minimum atomic E-state index is -0.143. The molecule has 0 aliphatic carbocycles. The van der Waals surface area contributed by atoms with Gasteiger partial charge in [-0.25, -0.2) is 0 Å². The van der Waals surface area contributed by atoms with Gasteiger partial charge in [-0.3, -0.25) is 9.59 Å². The van der Waals surface area contributed by atoms with Crippen LogP contribution in [0.15, 0.2) is 121 Å². The van der Waals surface area contributed by atoms with Gasteiger partial charge < -0.3 is 46.0 Å². The lowest BCUT2D eigenvalue weighted by Crippen LogP contribution is -3.00. The van der Waals surface area contributed by atoms with Crippen LogP contribution in [0.5, 0.6) is 0 Å². The van der Waals surface area contributed by atoms with Crippen molar-refractivity contribution in [3.05, 3.63) is 138 Å². The van der Waals surface area contributed by atoms with Crippen LogP contribution < -0.4 is 55.1 Å². The van der Waals surface area contributed by atoms with Gasteiger partial charge in [-0.05, 0) is 92.1 Å². The Hall–Kier alpha value is -6.91. The van der Waals surface area contributed by atoms with Crippen LogP contribution >= 0.6 is 0 Å². The van der Waals surface area contributed by atoms with Gasteiger partial charge in [-0.15, -0.1) is 0 Å². The molecule has 2 amide bonds. The molecule has 292 valence electrons. The Morgan fingerprint density at radius 2 is 1.03 bits per heavy atom. The molecule has 0 unspecified atom stereocenters. The number of anilines is 4. The third kappa shape index (κ3) is 7.49. The Bertz CT molecular complexity index is 2720. The van der Waals surface area contributed by atoms with Crippen LogP contribution in [0.2, 0.25) is 0 Å². The minimum Gasteiger partial charge on any atom is -1.00 e. The van der Waals surface area contributed by atoms with Gasteiger partial charge >= 0.3 is 0 Å². The number of aromatic nitrogens is 2. The Balaban J connectivity index is 0.00000512. The molecule has 58 heavy (non-hydrogen) atoms. The molecule has 0 spiro atoms. The number of rotatable bonds is 10. The molecule has 0 atom stereocenters. The first-order valence-corrected chi connectivity index (χ1v) is 19.2. The van der Waals surface area contributed by atoms with Gasteiger partial charge in [-0.2, -0.15) is 9.13 Å². The van der Waals surface area contributed by atoms with Crippen molar-refractivity contribution in [1.29, 1.82) is 0 Å². The van der Waals surface area contributed by atoms with Gasteiger partial charge in [0.05, 0.1) is 21.5 Å². The molecule has 0 aliphatic heterocycles. The normalized spacial score (nSPS) is 11.2. The Kier molecular flexibility index (Phi) is 11.0. The third-order valence-electron chi connectivity index (χ3n) is 10.8. The van der Waals surface area contributed by atoms with Crippen LogP contribution in [0.4, 0.5) is 22.7 Å². The SMILES string of the molecule is Cc1c2cc(N)ccc2c2ccc(N)cc2[n+]1-c1cccc(C(=O)NCCCCCNC(=O)c2cccc(-c3c4cc(N)ccc4c4ccc(N)cc4[n+]3C)c2)c1.[Cl-]. The summed E-state index contributed by atoms with van der Waals surface area (Å²) < 4.78 is 4.24. The van der Waals surface area contributed by atoms with Crippen LogP contribution in [0.3, 0.4) is 0 Å². The number of hydrogen-bond acceptors (Lipinski definition) is 6. The molecule has 10 N–H and O–H groups in total. The maximum absolute atomic E-state index is 13.3. The van der Waals surface area contributed by atoms with E-state index in [1.807, 2.05) is 128 Å². The number of carbonyl (C=O) groups excluding carboxylic acids is 2. The van der Waals surface area contributed by atoms with Gasteiger partial charge in [0.15, 0.2) is 5.69 Å². The third-order valence-corrected chi connectivity index (χ3v) is 10.8. The topological polar surface area (TPSA) is 170 Å². The highest BCUT2D eigenvalue weighted by Gasteiger charge is 2.24. The summed E-state index contributed by atoms with van der Waals surface area (Å²) in [7, 11) is 2.01. The highest BCUT2D eigenvalue weighted by atomic mass is 35.5.